The fourth-order valence-electron chi connectivity index (χ4n) is 2.20. The van der Waals surface area contributed by atoms with Crippen molar-refractivity contribution in [2.24, 2.45) is 13.0 Å². The van der Waals surface area contributed by atoms with Crippen LogP contribution >= 0.6 is 0 Å². The maximum absolute atomic E-state index is 12.0. The summed E-state index contributed by atoms with van der Waals surface area (Å²) in [5, 5.41) is 3.12. The van der Waals surface area contributed by atoms with Crippen molar-refractivity contribution >= 4 is 5.91 Å². The minimum Gasteiger partial charge on any atom is -0.342 e. The fourth-order valence-corrected chi connectivity index (χ4v) is 2.20. The molecule has 98 valence electrons. The van der Waals surface area contributed by atoms with E-state index in [9.17, 15) is 4.79 Å². The molecule has 1 saturated carbocycles. The predicted octanol–water partition coefficient (Wildman–Crippen LogP) is 2.04. The van der Waals surface area contributed by atoms with Crippen molar-refractivity contribution in [2.75, 3.05) is 0 Å². The van der Waals surface area contributed by atoms with E-state index in [2.05, 4.69) is 10.3 Å². The molecule has 4 heteroatoms. The number of amides is 1. The average Bonchev–Trinajstić information content (AvgIpc) is 3.20. The Morgan fingerprint density at radius 2 is 2.11 bits per heavy atom. The lowest BCUT2D eigenvalue weighted by molar-refractivity contribution is -0.122. The molecule has 1 aliphatic rings. The van der Waals surface area contributed by atoms with E-state index in [0.29, 0.717) is 0 Å². The molecule has 0 saturated heterocycles. The van der Waals surface area contributed by atoms with Gasteiger partial charge in [0, 0.05) is 25.4 Å². The highest BCUT2D eigenvalue weighted by atomic mass is 16.2. The number of nitrogens with one attached hydrogen (secondary N) is 1. The van der Waals surface area contributed by atoms with Gasteiger partial charge in [0.25, 0.3) is 0 Å². The van der Waals surface area contributed by atoms with E-state index in [1.54, 1.807) is 6.20 Å². The lowest BCUT2D eigenvalue weighted by Gasteiger charge is -2.19. The molecule has 1 aliphatic carbocycles. The van der Waals surface area contributed by atoms with Crippen LogP contribution in [-0.2, 0) is 11.8 Å². The molecule has 0 spiro atoms. The molecule has 1 unspecified atom stereocenters. The van der Waals surface area contributed by atoms with E-state index in [4.69, 9.17) is 0 Å². The minimum atomic E-state index is -0.172. The van der Waals surface area contributed by atoms with Gasteiger partial charge in [-0.3, -0.25) is 4.79 Å². The molecule has 19 heavy (non-hydrogen) atoms. The Hall–Kier alpha value is -2.10. The first-order valence-electron chi connectivity index (χ1n) is 6.58. The topological polar surface area (TPSA) is 46.9 Å². The molecule has 3 rings (SSSR count). The lowest BCUT2D eigenvalue weighted by atomic mass is 10.1. The summed E-state index contributed by atoms with van der Waals surface area (Å²) in [7, 11) is 1.95. The Bertz CT molecular complexity index is 572. The van der Waals surface area contributed by atoms with Crippen LogP contribution in [0.3, 0.4) is 0 Å². The van der Waals surface area contributed by atoms with Crippen molar-refractivity contribution in [3.8, 4) is 0 Å². The molecular weight excluding hydrogens is 238 g/mol. The second kappa shape index (κ2) is 4.88. The molecule has 0 radical (unpaired) electrons. The van der Waals surface area contributed by atoms with Gasteiger partial charge in [-0.25, -0.2) is 4.98 Å². The number of benzene rings is 1. The van der Waals surface area contributed by atoms with Crippen LogP contribution in [-0.4, -0.2) is 15.5 Å². The van der Waals surface area contributed by atoms with E-state index >= 15 is 0 Å². The highest BCUT2D eigenvalue weighted by Gasteiger charge is 2.32. The van der Waals surface area contributed by atoms with Gasteiger partial charge in [-0.2, -0.15) is 0 Å². The van der Waals surface area contributed by atoms with E-state index < -0.39 is 0 Å². The Labute approximate surface area is 112 Å². The van der Waals surface area contributed by atoms with Gasteiger partial charge in [-0.15, -0.1) is 0 Å². The molecule has 1 aromatic carbocycles. The smallest absolute Gasteiger partial charge is 0.223 e. The predicted molar refractivity (Wildman–Crippen MR) is 72.4 cm³/mol. The molecule has 1 fully saturated rings. The van der Waals surface area contributed by atoms with Crippen LogP contribution in [0.5, 0.6) is 0 Å². The van der Waals surface area contributed by atoms with Gasteiger partial charge < -0.3 is 9.88 Å². The number of aryl methyl sites for hydroxylation is 1. The molecule has 4 nitrogen and oxygen atoms in total. The number of aromatic nitrogens is 2. The zero-order valence-electron chi connectivity index (χ0n) is 10.9. The van der Waals surface area contributed by atoms with Crippen LogP contribution in [0.25, 0.3) is 0 Å². The molecular formula is C15H17N3O. The maximum atomic E-state index is 12.0. The summed E-state index contributed by atoms with van der Waals surface area (Å²) in [6.45, 7) is 0. The molecule has 1 N–H and O–H groups in total. The second-order valence-corrected chi connectivity index (χ2v) is 5.02. The van der Waals surface area contributed by atoms with Gasteiger partial charge in [0.15, 0.2) is 0 Å². The highest BCUT2D eigenvalue weighted by molar-refractivity contribution is 5.81. The standard InChI is InChI=1S/C15H17N3O/c1-18-10-9-16-14(18)13(11-5-3-2-4-6-11)17-15(19)12-7-8-12/h2-6,9-10,12-13H,7-8H2,1H3,(H,17,19). The number of imidazole rings is 1. The number of nitrogens with zero attached hydrogens (tertiary/aromatic N) is 2. The normalized spacial score (nSPS) is 16.1. The molecule has 1 atom stereocenters. The maximum Gasteiger partial charge on any atom is 0.223 e. The number of hydrogen-bond donors (Lipinski definition) is 1. The summed E-state index contributed by atoms with van der Waals surface area (Å²) >= 11 is 0. The van der Waals surface area contributed by atoms with Crippen molar-refractivity contribution in [1.82, 2.24) is 14.9 Å². The molecule has 1 amide bonds. The first-order valence-corrected chi connectivity index (χ1v) is 6.58. The van der Waals surface area contributed by atoms with Gasteiger partial charge in [0.2, 0.25) is 5.91 Å². The van der Waals surface area contributed by atoms with Crippen LogP contribution in [0.1, 0.15) is 30.3 Å². The first-order chi connectivity index (χ1) is 9.25. The third kappa shape index (κ3) is 2.52. The first kappa shape index (κ1) is 12.0. The minimum absolute atomic E-state index is 0.136. The lowest BCUT2D eigenvalue weighted by Crippen LogP contribution is -2.32. The third-order valence-corrected chi connectivity index (χ3v) is 3.48. The van der Waals surface area contributed by atoms with E-state index in [1.165, 1.54) is 0 Å². The van der Waals surface area contributed by atoms with Crippen molar-refractivity contribution in [1.29, 1.82) is 0 Å². The Kier molecular flexibility index (Phi) is 3.07. The third-order valence-electron chi connectivity index (χ3n) is 3.48. The summed E-state index contributed by atoms with van der Waals surface area (Å²) < 4.78 is 1.95. The largest absolute Gasteiger partial charge is 0.342 e. The van der Waals surface area contributed by atoms with Crippen molar-refractivity contribution in [2.45, 2.75) is 18.9 Å². The zero-order valence-corrected chi connectivity index (χ0v) is 10.9. The molecule has 1 aromatic heterocycles. The molecule has 2 aromatic rings. The number of rotatable bonds is 4. The monoisotopic (exact) mass is 255 g/mol. The fraction of sp³-hybridized carbons (Fsp3) is 0.333. The Morgan fingerprint density at radius 1 is 1.37 bits per heavy atom. The average molecular weight is 255 g/mol. The van der Waals surface area contributed by atoms with E-state index in [1.807, 2.05) is 48.1 Å². The van der Waals surface area contributed by atoms with Crippen molar-refractivity contribution in [3.63, 3.8) is 0 Å². The van der Waals surface area contributed by atoms with Crippen LogP contribution in [0, 0.1) is 5.92 Å². The SMILES string of the molecule is Cn1ccnc1C(NC(=O)C1CC1)c1ccccc1. The Balaban J connectivity index is 1.91. The van der Waals surface area contributed by atoms with Crippen molar-refractivity contribution < 1.29 is 4.79 Å². The molecule has 0 bridgehead atoms. The Morgan fingerprint density at radius 3 is 2.68 bits per heavy atom. The van der Waals surface area contributed by atoms with E-state index in [0.717, 1.165) is 24.2 Å². The summed E-state index contributed by atoms with van der Waals surface area (Å²) in [6.07, 6.45) is 5.67. The number of carbonyl (C=O) groups excluding carboxylic acids is 1. The second-order valence-electron chi connectivity index (χ2n) is 5.02. The van der Waals surface area contributed by atoms with Gasteiger partial charge in [-0.1, -0.05) is 30.3 Å². The molecule has 0 aliphatic heterocycles. The van der Waals surface area contributed by atoms with Crippen LogP contribution in [0.15, 0.2) is 42.7 Å². The van der Waals surface area contributed by atoms with E-state index in [-0.39, 0.29) is 17.9 Å². The van der Waals surface area contributed by atoms with Crippen LogP contribution in [0.4, 0.5) is 0 Å². The quantitative estimate of drug-likeness (QED) is 0.908. The summed E-state index contributed by atoms with van der Waals surface area (Å²) in [6, 6.07) is 9.80. The van der Waals surface area contributed by atoms with Crippen LogP contribution < -0.4 is 5.32 Å². The van der Waals surface area contributed by atoms with Crippen molar-refractivity contribution in [3.05, 3.63) is 54.1 Å². The summed E-state index contributed by atoms with van der Waals surface area (Å²) in [5.74, 6) is 1.20. The van der Waals surface area contributed by atoms with Crippen LogP contribution in [0.2, 0.25) is 0 Å². The van der Waals surface area contributed by atoms with Gasteiger partial charge >= 0.3 is 0 Å². The van der Waals surface area contributed by atoms with Gasteiger partial charge in [0.05, 0.1) is 0 Å². The van der Waals surface area contributed by atoms with Gasteiger partial charge in [-0.05, 0) is 18.4 Å². The number of carbonyl (C=O) groups is 1. The summed E-state index contributed by atoms with van der Waals surface area (Å²) in [5.41, 5.74) is 1.06. The summed E-state index contributed by atoms with van der Waals surface area (Å²) in [4.78, 5) is 16.4. The number of hydrogen-bond acceptors (Lipinski definition) is 2. The highest BCUT2D eigenvalue weighted by Crippen LogP contribution is 2.30. The zero-order chi connectivity index (χ0) is 13.2. The molecule has 1 heterocycles. The van der Waals surface area contributed by atoms with Gasteiger partial charge in [0.1, 0.15) is 11.9 Å².